The van der Waals surface area contributed by atoms with Gasteiger partial charge in [-0.25, -0.2) is 9.59 Å². The first kappa shape index (κ1) is 14.1. The smallest absolute Gasteiger partial charge is 0.371 e. The molecule has 1 aromatic carbocycles. The molecule has 0 atom stereocenters. The van der Waals surface area contributed by atoms with Crippen LogP contribution in [0.2, 0.25) is 0 Å². The number of nitrogens with one attached hydrogen (secondary N) is 1. The zero-order valence-corrected chi connectivity index (χ0v) is 11.4. The minimum Gasteiger partial charge on any atom is -0.466 e. The van der Waals surface area contributed by atoms with Gasteiger partial charge in [-0.1, -0.05) is 17.7 Å². The molecule has 20 heavy (non-hydrogen) atoms. The number of aryl methyl sites for hydroxylation is 1. The molecule has 0 aromatic heterocycles. The quantitative estimate of drug-likeness (QED) is 0.572. The van der Waals surface area contributed by atoms with E-state index in [1.807, 2.05) is 13.0 Å². The van der Waals surface area contributed by atoms with Gasteiger partial charge in [0.05, 0.1) is 19.7 Å². The molecular formula is C13H14BNO5. The summed E-state index contributed by atoms with van der Waals surface area (Å²) in [7, 11) is 2.38. The van der Waals surface area contributed by atoms with Crippen molar-refractivity contribution >= 4 is 30.0 Å². The molecule has 2 rings (SSSR count). The van der Waals surface area contributed by atoms with Gasteiger partial charge in [0.25, 0.3) is 0 Å². The third-order valence-electron chi connectivity index (χ3n) is 3.10. The van der Waals surface area contributed by atoms with E-state index >= 15 is 0 Å². The maximum Gasteiger partial charge on any atom is 0.371 e. The van der Waals surface area contributed by atoms with Crippen LogP contribution in [0.5, 0.6) is 0 Å². The number of hydrogen-bond donors (Lipinski definition) is 2. The van der Waals surface area contributed by atoms with E-state index in [9.17, 15) is 14.6 Å². The van der Waals surface area contributed by atoms with Crippen LogP contribution in [0.3, 0.4) is 0 Å². The van der Waals surface area contributed by atoms with Crippen molar-refractivity contribution in [2.45, 2.75) is 6.92 Å². The van der Waals surface area contributed by atoms with Gasteiger partial charge < -0.3 is 19.8 Å². The first-order valence-corrected chi connectivity index (χ1v) is 5.96. The van der Waals surface area contributed by atoms with Crippen LogP contribution in [0.4, 0.5) is 5.69 Å². The van der Waals surface area contributed by atoms with Gasteiger partial charge in [-0.15, -0.1) is 0 Å². The summed E-state index contributed by atoms with van der Waals surface area (Å²) < 4.78 is 9.25. The minimum absolute atomic E-state index is 0.108. The second-order valence-corrected chi connectivity index (χ2v) is 4.39. The number of hydrogen-bond acceptors (Lipinski definition) is 6. The maximum absolute atomic E-state index is 11.8. The average Bonchev–Trinajstić information content (AvgIpc) is 2.46. The first-order chi connectivity index (χ1) is 9.49. The van der Waals surface area contributed by atoms with Gasteiger partial charge in [0.15, 0.2) is 0 Å². The van der Waals surface area contributed by atoms with Crippen molar-refractivity contribution in [1.29, 1.82) is 0 Å². The molecule has 0 saturated heterocycles. The van der Waals surface area contributed by atoms with Gasteiger partial charge in [-0.3, -0.25) is 0 Å². The van der Waals surface area contributed by atoms with E-state index in [1.165, 1.54) is 14.2 Å². The zero-order valence-electron chi connectivity index (χ0n) is 11.4. The molecule has 0 radical (unpaired) electrons. The SMILES string of the molecule is COC(=O)C1=C(C(=O)OC)B(O)c2cc(C)ccc2N1. The molecule has 0 amide bonds. The fourth-order valence-corrected chi connectivity index (χ4v) is 2.10. The van der Waals surface area contributed by atoms with Crippen LogP contribution in [0, 0.1) is 6.92 Å². The van der Waals surface area contributed by atoms with Gasteiger partial charge >= 0.3 is 18.9 Å². The molecule has 0 aliphatic carbocycles. The molecule has 1 aliphatic rings. The van der Waals surface area contributed by atoms with Gasteiger partial charge in [0.1, 0.15) is 5.70 Å². The second-order valence-electron chi connectivity index (χ2n) is 4.39. The molecule has 7 heteroatoms. The Hall–Kier alpha value is -2.28. The van der Waals surface area contributed by atoms with Crippen molar-refractivity contribution in [3.63, 3.8) is 0 Å². The summed E-state index contributed by atoms with van der Waals surface area (Å²) in [6.45, 7) is 0.623. The van der Waals surface area contributed by atoms with Crippen LogP contribution in [0.15, 0.2) is 29.4 Å². The Morgan fingerprint density at radius 2 is 1.85 bits per heavy atom. The van der Waals surface area contributed by atoms with Crippen LogP contribution in [0.1, 0.15) is 5.56 Å². The Bertz CT molecular complexity index is 611. The topological polar surface area (TPSA) is 84.9 Å². The molecule has 104 valence electrons. The lowest BCUT2D eigenvalue weighted by Crippen LogP contribution is -2.45. The summed E-state index contributed by atoms with van der Waals surface area (Å²) in [5.41, 5.74) is 1.73. The van der Waals surface area contributed by atoms with Gasteiger partial charge in [-0.2, -0.15) is 0 Å². The van der Waals surface area contributed by atoms with Crippen LogP contribution in [-0.4, -0.2) is 38.1 Å². The van der Waals surface area contributed by atoms with Crippen LogP contribution < -0.4 is 10.8 Å². The summed E-state index contributed by atoms with van der Waals surface area (Å²) in [6, 6.07) is 5.30. The Labute approximate surface area is 116 Å². The van der Waals surface area contributed by atoms with Gasteiger partial charge in [-0.05, 0) is 18.5 Å². The van der Waals surface area contributed by atoms with E-state index in [0.717, 1.165) is 5.56 Å². The number of anilines is 1. The van der Waals surface area contributed by atoms with Gasteiger partial charge in [0.2, 0.25) is 0 Å². The summed E-state index contributed by atoms with van der Waals surface area (Å²) in [6.07, 6.45) is 0. The van der Waals surface area contributed by atoms with Crippen molar-refractivity contribution in [2.75, 3.05) is 19.5 Å². The predicted molar refractivity (Wildman–Crippen MR) is 73.5 cm³/mol. The van der Waals surface area contributed by atoms with Crippen LogP contribution >= 0.6 is 0 Å². The first-order valence-electron chi connectivity index (χ1n) is 5.96. The second kappa shape index (κ2) is 5.38. The van der Waals surface area contributed by atoms with E-state index in [-0.39, 0.29) is 11.2 Å². The normalized spacial score (nSPS) is 13.5. The Balaban J connectivity index is 2.59. The lowest BCUT2D eigenvalue weighted by atomic mass is 9.52. The number of fused-ring (bicyclic) bond motifs is 1. The summed E-state index contributed by atoms with van der Waals surface area (Å²) in [5, 5.41) is 13.2. The van der Waals surface area contributed by atoms with Gasteiger partial charge in [0, 0.05) is 5.69 Å². The molecule has 0 spiro atoms. The van der Waals surface area contributed by atoms with E-state index in [1.54, 1.807) is 12.1 Å². The summed E-state index contributed by atoms with van der Waals surface area (Å²) in [4.78, 5) is 23.6. The molecular weight excluding hydrogens is 261 g/mol. The highest BCUT2D eigenvalue weighted by atomic mass is 16.5. The van der Waals surface area contributed by atoms with Crippen LogP contribution in [-0.2, 0) is 19.1 Å². The molecule has 1 aromatic rings. The van der Waals surface area contributed by atoms with E-state index in [2.05, 4.69) is 14.8 Å². The van der Waals surface area contributed by atoms with E-state index < -0.39 is 18.9 Å². The van der Waals surface area contributed by atoms with Crippen molar-refractivity contribution in [3.05, 3.63) is 34.9 Å². The molecule has 2 N–H and O–H groups in total. The Kier molecular flexibility index (Phi) is 3.80. The average molecular weight is 275 g/mol. The largest absolute Gasteiger partial charge is 0.466 e. The lowest BCUT2D eigenvalue weighted by molar-refractivity contribution is -0.138. The van der Waals surface area contributed by atoms with Crippen LogP contribution in [0.25, 0.3) is 0 Å². The van der Waals surface area contributed by atoms with Crippen molar-refractivity contribution in [2.24, 2.45) is 0 Å². The highest BCUT2D eigenvalue weighted by Crippen LogP contribution is 2.22. The molecule has 0 fully saturated rings. The molecule has 1 heterocycles. The summed E-state index contributed by atoms with van der Waals surface area (Å²) >= 11 is 0. The van der Waals surface area contributed by atoms with E-state index in [0.29, 0.717) is 11.2 Å². The fraction of sp³-hybridized carbons (Fsp3) is 0.231. The molecule has 6 nitrogen and oxygen atoms in total. The number of ether oxygens (including phenoxy) is 2. The lowest BCUT2D eigenvalue weighted by Gasteiger charge is -2.24. The van der Waals surface area contributed by atoms with Crippen molar-refractivity contribution in [1.82, 2.24) is 0 Å². The zero-order chi connectivity index (χ0) is 14.9. The highest BCUT2D eigenvalue weighted by molar-refractivity contribution is 6.80. The van der Waals surface area contributed by atoms with Crippen molar-refractivity contribution in [3.8, 4) is 0 Å². The fourth-order valence-electron chi connectivity index (χ4n) is 2.10. The monoisotopic (exact) mass is 275 g/mol. The minimum atomic E-state index is -1.24. The number of carbonyl (C=O) groups excluding carboxylic acids is 2. The Morgan fingerprint density at radius 3 is 2.45 bits per heavy atom. The third-order valence-corrected chi connectivity index (χ3v) is 3.10. The molecule has 0 bridgehead atoms. The number of rotatable bonds is 2. The molecule has 0 unspecified atom stereocenters. The number of benzene rings is 1. The number of carbonyl (C=O) groups is 2. The predicted octanol–water partition coefficient (Wildman–Crippen LogP) is -0.249. The molecule has 1 aliphatic heterocycles. The Morgan fingerprint density at radius 1 is 1.20 bits per heavy atom. The number of esters is 2. The highest BCUT2D eigenvalue weighted by Gasteiger charge is 2.38. The van der Waals surface area contributed by atoms with E-state index in [4.69, 9.17) is 0 Å². The maximum atomic E-state index is 11.8. The standard InChI is InChI=1S/C13H14BNO5/c1-7-4-5-9-8(6-7)14(18)10(12(16)19-2)11(15-9)13(17)20-3/h4-6,15,18H,1-3H3. The number of methoxy groups -OCH3 is 2. The molecule has 0 saturated carbocycles. The summed E-state index contributed by atoms with van der Waals surface area (Å²) in [5.74, 6) is -1.52. The third kappa shape index (κ3) is 2.27. The van der Waals surface area contributed by atoms with Crippen molar-refractivity contribution < 1.29 is 24.1 Å².